The first-order valence-corrected chi connectivity index (χ1v) is 5.94. The molecule has 4 heteroatoms. The van der Waals surface area contributed by atoms with Gasteiger partial charge in [-0.25, -0.2) is 0 Å². The van der Waals surface area contributed by atoms with Crippen LogP contribution in [0.15, 0.2) is 6.33 Å². The molecular weight excluding hydrogens is 188 g/mol. The van der Waals surface area contributed by atoms with Gasteiger partial charge in [0.2, 0.25) is 0 Å². The summed E-state index contributed by atoms with van der Waals surface area (Å²) in [6, 6.07) is 0. The standard InChI is InChI=1S/C11H20N4/c1-2-6-15-8-13-14-11(15)10-5-3-4-9(10)7-12/h8-10H,2-7,12H2,1H3. The summed E-state index contributed by atoms with van der Waals surface area (Å²) >= 11 is 0. The minimum Gasteiger partial charge on any atom is -0.330 e. The van der Waals surface area contributed by atoms with Crippen molar-refractivity contribution in [1.82, 2.24) is 14.8 Å². The number of nitrogens with two attached hydrogens (primary N) is 1. The van der Waals surface area contributed by atoms with E-state index in [9.17, 15) is 0 Å². The van der Waals surface area contributed by atoms with Crippen LogP contribution in [0.25, 0.3) is 0 Å². The molecule has 1 aromatic rings. The zero-order chi connectivity index (χ0) is 10.7. The Kier molecular flexibility index (Phi) is 3.36. The number of rotatable bonds is 4. The fourth-order valence-electron chi connectivity index (χ4n) is 2.62. The van der Waals surface area contributed by atoms with Gasteiger partial charge in [-0.05, 0) is 31.7 Å². The molecule has 2 rings (SSSR count). The summed E-state index contributed by atoms with van der Waals surface area (Å²) in [5.74, 6) is 2.32. The van der Waals surface area contributed by atoms with Gasteiger partial charge in [0.05, 0.1) is 0 Å². The molecular formula is C11H20N4. The Morgan fingerprint density at radius 1 is 1.53 bits per heavy atom. The summed E-state index contributed by atoms with van der Waals surface area (Å²) in [4.78, 5) is 0. The van der Waals surface area contributed by atoms with Gasteiger partial charge in [-0.1, -0.05) is 13.3 Å². The summed E-state index contributed by atoms with van der Waals surface area (Å²) in [6.07, 6.45) is 6.74. The topological polar surface area (TPSA) is 56.7 Å². The average molecular weight is 208 g/mol. The molecule has 1 heterocycles. The van der Waals surface area contributed by atoms with Crippen molar-refractivity contribution in [3.63, 3.8) is 0 Å². The molecule has 0 radical (unpaired) electrons. The van der Waals surface area contributed by atoms with E-state index >= 15 is 0 Å². The van der Waals surface area contributed by atoms with Crippen molar-refractivity contribution in [2.24, 2.45) is 11.7 Å². The minimum absolute atomic E-state index is 0.545. The van der Waals surface area contributed by atoms with Crippen LogP contribution in [-0.2, 0) is 6.54 Å². The van der Waals surface area contributed by atoms with Gasteiger partial charge in [-0.3, -0.25) is 0 Å². The van der Waals surface area contributed by atoms with E-state index < -0.39 is 0 Å². The van der Waals surface area contributed by atoms with Gasteiger partial charge in [0.25, 0.3) is 0 Å². The molecule has 84 valence electrons. The van der Waals surface area contributed by atoms with E-state index in [4.69, 9.17) is 5.73 Å². The molecule has 1 fully saturated rings. The lowest BCUT2D eigenvalue weighted by atomic mass is 9.95. The molecule has 0 spiro atoms. The second-order valence-electron chi connectivity index (χ2n) is 4.42. The number of nitrogens with zero attached hydrogens (tertiary/aromatic N) is 3. The van der Waals surface area contributed by atoms with Gasteiger partial charge >= 0.3 is 0 Å². The molecule has 2 N–H and O–H groups in total. The maximum atomic E-state index is 5.80. The predicted molar refractivity (Wildman–Crippen MR) is 59.4 cm³/mol. The fraction of sp³-hybridized carbons (Fsp3) is 0.818. The van der Waals surface area contributed by atoms with Gasteiger partial charge in [-0.2, -0.15) is 0 Å². The molecule has 1 aliphatic carbocycles. The predicted octanol–water partition coefficient (Wildman–Crippen LogP) is 1.53. The van der Waals surface area contributed by atoms with Crippen molar-refractivity contribution in [3.05, 3.63) is 12.2 Å². The Morgan fingerprint density at radius 2 is 2.40 bits per heavy atom. The van der Waals surface area contributed by atoms with E-state index in [0.29, 0.717) is 11.8 Å². The summed E-state index contributed by atoms with van der Waals surface area (Å²) < 4.78 is 2.19. The third-order valence-corrected chi connectivity index (χ3v) is 3.40. The molecule has 15 heavy (non-hydrogen) atoms. The Hall–Kier alpha value is -0.900. The van der Waals surface area contributed by atoms with Crippen LogP contribution in [0.3, 0.4) is 0 Å². The fourth-order valence-corrected chi connectivity index (χ4v) is 2.62. The monoisotopic (exact) mass is 208 g/mol. The van der Waals surface area contributed by atoms with Crippen LogP contribution in [0.2, 0.25) is 0 Å². The normalized spacial score (nSPS) is 26.0. The maximum Gasteiger partial charge on any atom is 0.136 e. The highest BCUT2D eigenvalue weighted by atomic mass is 15.3. The van der Waals surface area contributed by atoms with E-state index in [1.807, 2.05) is 6.33 Å². The smallest absolute Gasteiger partial charge is 0.136 e. The van der Waals surface area contributed by atoms with Gasteiger partial charge in [0.1, 0.15) is 12.2 Å². The van der Waals surface area contributed by atoms with Crippen molar-refractivity contribution in [2.75, 3.05) is 6.54 Å². The quantitative estimate of drug-likeness (QED) is 0.816. The zero-order valence-electron chi connectivity index (χ0n) is 9.39. The van der Waals surface area contributed by atoms with Crippen LogP contribution in [-0.4, -0.2) is 21.3 Å². The lowest BCUT2D eigenvalue weighted by molar-refractivity contribution is 0.455. The number of aryl methyl sites for hydroxylation is 1. The second kappa shape index (κ2) is 4.75. The van der Waals surface area contributed by atoms with Crippen LogP contribution >= 0.6 is 0 Å². The molecule has 0 bridgehead atoms. The highest BCUT2D eigenvalue weighted by molar-refractivity contribution is 5.02. The first-order valence-electron chi connectivity index (χ1n) is 5.94. The summed E-state index contributed by atoms with van der Waals surface area (Å²) in [7, 11) is 0. The van der Waals surface area contributed by atoms with Crippen molar-refractivity contribution in [1.29, 1.82) is 0 Å². The van der Waals surface area contributed by atoms with Crippen LogP contribution < -0.4 is 5.73 Å². The van der Waals surface area contributed by atoms with Crippen LogP contribution in [0.1, 0.15) is 44.3 Å². The average Bonchev–Trinajstić information content (AvgIpc) is 2.84. The van der Waals surface area contributed by atoms with Crippen molar-refractivity contribution >= 4 is 0 Å². The van der Waals surface area contributed by atoms with Crippen LogP contribution in [0.5, 0.6) is 0 Å². The molecule has 2 unspecified atom stereocenters. The largest absolute Gasteiger partial charge is 0.330 e. The van der Waals surface area contributed by atoms with E-state index in [1.165, 1.54) is 19.3 Å². The van der Waals surface area contributed by atoms with Crippen molar-refractivity contribution in [2.45, 2.75) is 45.1 Å². The second-order valence-corrected chi connectivity index (χ2v) is 4.42. The first kappa shape index (κ1) is 10.6. The molecule has 0 saturated heterocycles. The lowest BCUT2D eigenvalue weighted by Gasteiger charge is -2.17. The van der Waals surface area contributed by atoms with Gasteiger partial charge in [0.15, 0.2) is 0 Å². The van der Waals surface area contributed by atoms with Crippen LogP contribution in [0, 0.1) is 5.92 Å². The lowest BCUT2D eigenvalue weighted by Crippen LogP contribution is -2.20. The first-order chi connectivity index (χ1) is 7.36. The van der Waals surface area contributed by atoms with Gasteiger partial charge < -0.3 is 10.3 Å². The van der Waals surface area contributed by atoms with Crippen LogP contribution in [0.4, 0.5) is 0 Å². The maximum absolute atomic E-state index is 5.80. The molecule has 4 nitrogen and oxygen atoms in total. The molecule has 2 atom stereocenters. The van der Waals surface area contributed by atoms with E-state index in [1.54, 1.807) is 0 Å². The molecule has 1 aromatic heterocycles. The van der Waals surface area contributed by atoms with Crippen molar-refractivity contribution < 1.29 is 0 Å². The zero-order valence-corrected chi connectivity index (χ0v) is 9.39. The molecule has 0 amide bonds. The number of hydrogen-bond donors (Lipinski definition) is 1. The highest BCUT2D eigenvalue weighted by Gasteiger charge is 2.30. The summed E-state index contributed by atoms with van der Waals surface area (Å²) in [5, 5.41) is 8.30. The number of hydrogen-bond acceptors (Lipinski definition) is 3. The third-order valence-electron chi connectivity index (χ3n) is 3.40. The van der Waals surface area contributed by atoms with E-state index in [0.717, 1.165) is 25.3 Å². The van der Waals surface area contributed by atoms with Gasteiger partial charge in [-0.15, -0.1) is 10.2 Å². The summed E-state index contributed by atoms with van der Waals surface area (Å²) in [5.41, 5.74) is 5.80. The minimum atomic E-state index is 0.545. The van der Waals surface area contributed by atoms with Gasteiger partial charge in [0, 0.05) is 12.5 Å². The third kappa shape index (κ3) is 2.04. The summed E-state index contributed by atoms with van der Waals surface area (Å²) in [6.45, 7) is 3.98. The number of aromatic nitrogens is 3. The van der Waals surface area contributed by atoms with E-state index in [2.05, 4.69) is 21.7 Å². The Bertz CT molecular complexity index is 307. The Morgan fingerprint density at radius 3 is 3.13 bits per heavy atom. The van der Waals surface area contributed by atoms with Crippen molar-refractivity contribution in [3.8, 4) is 0 Å². The molecule has 0 aromatic carbocycles. The Labute approximate surface area is 90.9 Å². The molecule has 0 aliphatic heterocycles. The molecule has 1 aliphatic rings. The van der Waals surface area contributed by atoms with E-state index in [-0.39, 0.29) is 0 Å². The molecule has 1 saturated carbocycles. The Balaban J connectivity index is 2.16. The highest BCUT2D eigenvalue weighted by Crippen LogP contribution is 2.37. The SMILES string of the molecule is CCCn1cnnc1C1CCCC1CN.